The normalized spacial score (nSPS) is 15.7. The number of nitrogens with zero attached hydrogens (tertiary/aromatic N) is 3. The van der Waals surface area contributed by atoms with Crippen molar-refractivity contribution in [1.82, 2.24) is 9.99 Å². The molecule has 1 aliphatic carbocycles. The minimum Gasteiger partial charge on any atom is -0.493 e. The number of anilines is 1. The number of carbonyl (C=O) groups excluding carboxylic acids is 2. The Balaban J connectivity index is 1.29. The van der Waals surface area contributed by atoms with Crippen molar-refractivity contribution in [2.24, 2.45) is 5.10 Å². The molecule has 2 heterocycles. The first-order valence-corrected chi connectivity index (χ1v) is 12.7. The van der Waals surface area contributed by atoms with Crippen LogP contribution in [0.5, 0.6) is 11.5 Å². The van der Waals surface area contributed by atoms with E-state index in [1.54, 1.807) is 49.7 Å². The van der Waals surface area contributed by atoms with Crippen molar-refractivity contribution in [3.05, 3.63) is 83.7 Å². The Morgan fingerprint density at radius 2 is 1.78 bits per heavy atom. The Hall–Kier alpha value is -4.20. The summed E-state index contributed by atoms with van der Waals surface area (Å²) < 4.78 is 11.8. The molecule has 8 nitrogen and oxygen atoms in total. The van der Waals surface area contributed by atoms with Gasteiger partial charge >= 0.3 is 0 Å². The number of hydrazone groups is 1. The summed E-state index contributed by atoms with van der Waals surface area (Å²) in [7, 11) is 1.64. The number of benzene rings is 2. The molecule has 1 saturated carbocycles. The van der Waals surface area contributed by atoms with Crippen LogP contribution in [0.2, 0.25) is 0 Å². The molecule has 2 aliphatic rings. The topological polar surface area (TPSA) is 93.1 Å². The smallest absolute Gasteiger partial charge is 0.273 e. The molecule has 190 valence electrons. The predicted octanol–water partition coefficient (Wildman–Crippen LogP) is 5.30. The van der Waals surface area contributed by atoms with E-state index in [0.717, 1.165) is 42.7 Å². The second kappa shape index (κ2) is 11.2. The van der Waals surface area contributed by atoms with Crippen molar-refractivity contribution in [2.75, 3.05) is 19.0 Å². The van der Waals surface area contributed by atoms with Gasteiger partial charge in [-0.3, -0.25) is 14.6 Å². The summed E-state index contributed by atoms with van der Waals surface area (Å²) in [5.41, 5.74) is 3.34. The van der Waals surface area contributed by atoms with E-state index in [1.807, 2.05) is 18.2 Å². The fourth-order valence-electron chi connectivity index (χ4n) is 4.67. The van der Waals surface area contributed by atoms with Gasteiger partial charge in [-0.15, -0.1) is 0 Å². The molecule has 1 N–H and O–H groups in total. The zero-order valence-electron chi connectivity index (χ0n) is 20.9. The van der Waals surface area contributed by atoms with Gasteiger partial charge in [0.05, 0.1) is 24.5 Å². The summed E-state index contributed by atoms with van der Waals surface area (Å²) in [6.07, 6.45) is 9.42. The maximum absolute atomic E-state index is 13.2. The predicted molar refractivity (Wildman–Crippen MR) is 141 cm³/mol. The molecule has 0 bridgehead atoms. The molecule has 5 rings (SSSR count). The lowest BCUT2D eigenvalue weighted by atomic mass is 10.0. The molecule has 1 aromatic heterocycles. The highest BCUT2D eigenvalue weighted by atomic mass is 16.5. The molecule has 2 amide bonds. The van der Waals surface area contributed by atoms with Gasteiger partial charge in [0.2, 0.25) is 0 Å². The maximum atomic E-state index is 13.2. The van der Waals surface area contributed by atoms with Gasteiger partial charge in [-0.2, -0.15) is 5.10 Å². The average Bonchev–Trinajstić information content (AvgIpc) is 3.47. The maximum Gasteiger partial charge on any atom is 0.273 e. The van der Waals surface area contributed by atoms with Crippen LogP contribution < -0.4 is 14.8 Å². The van der Waals surface area contributed by atoms with E-state index in [1.165, 1.54) is 24.0 Å². The van der Waals surface area contributed by atoms with Crippen LogP contribution in [0.1, 0.15) is 64.8 Å². The summed E-state index contributed by atoms with van der Waals surface area (Å²) >= 11 is 0. The fraction of sp³-hybridized carbons (Fsp3) is 0.310. The van der Waals surface area contributed by atoms with Crippen LogP contribution in [0.3, 0.4) is 0 Å². The third-order valence-corrected chi connectivity index (χ3v) is 6.67. The van der Waals surface area contributed by atoms with Crippen LogP contribution in [0.15, 0.2) is 72.1 Å². The summed E-state index contributed by atoms with van der Waals surface area (Å²) in [5.74, 6) is 0.990. The van der Waals surface area contributed by atoms with Crippen molar-refractivity contribution >= 4 is 23.2 Å². The number of ether oxygens (including phenoxy) is 2. The van der Waals surface area contributed by atoms with Crippen molar-refractivity contribution < 1.29 is 19.1 Å². The molecule has 3 aromatic rings. The minimum atomic E-state index is -0.256. The highest BCUT2D eigenvalue weighted by Crippen LogP contribution is 2.33. The average molecular weight is 499 g/mol. The van der Waals surface area contributed by atoms with Gasteiger partial charge in [0.1, 0.15) is 0 Å². The first kappa shape index (κ1) is 24.5. The van der Waals surface area contributed by atoms with Gasteiger partial charge in [-0.05, 0) is 93.1 Å². The molecular weight excluding hydrogens is 468 g/mol. The molecule has 1 fully saturated rings. The molecule has 8 heteroatoms. The largest absolute Gasteiger partial charge is 0.493 e. The highest BCUT2D eigenvalue weighted by molar-refractivity contribution is 6.05. The Kier molecular flexibility index (Phi) is 7.44. The zero-order valence-corrected chi connectivity index (χ0v) is 20.9. The van der Waals surface area contributed by atoms with Crippen LogP contribution in [0.25, 0.3) is 0 Å². The number of hydrogen-bond donors (Lipinski definition) is 1. The zero-order chi connectivity index (χ0) is 25.6. The molecule has 0 unspecified atom stereocenters. The van der Waals surface area contributed by atoms with Gasteiger partial charge in [-0.1, -0.05) is 0 Å². The third kappa shape index (κ3) is 5.80. The van der Waals surface area contributed by atoms with Crippen LogP contribution in [-0.2, 0) is 0 Å². The Bertz CT molecular complexity index is 1290. The second-order valence-electron chi connectivity index (χ2n) is 9.24. The highest BCUT2D eigenvalue weighted by Gasteiger charge is 2.23. The first-order chi connectivity index (χ1) is 18.1. The van der Waals surface area contributed by atoms with E-state index in [4.69, 9.17) is 14.6 Å². The van der Waals surface area contributed by atoms with Crippen molar-refractivity contribution in [2.45, 2.75) is 44.6 Å². The van der Waals surface area contributed by atoms with E-state index >= 15 is 0 Å². The minimum absolute atomic E-state index is 0.182. The van der Waals surface area contributed by atoms with Crippen LogP contribution in [-0.4, -0.2) is 47.3 Å². The Labute approximate surface area is 216 Å². The number of methoxy groups -OCH3 is 1. The number of hydrogen-bond acceptors (Lipinski definition) is 6. The molecule has 37 heavy (non-hydrogen) atoms. The van der Waals surface area contributed by atoms with E-state index in [9.17, 15) is 9.59 Å². The van der Waals surface area contributed by atoms with E-state index in [2.05, 4.69) is 10.3 Å². The van der Waals surface area contributed by atoms with Crippen LogP contribution >= 0.6 is 0 Å². The third-order valence-electron chi connectivity index (χ3n) is 6.67. The summed E-state index contributed by atoms with van der Waals surface area (Å²) in [5, 5.41) is 9.03. The molecular formula is C29H30N4O4. The lowest BCUT2D eigenvalue weighted by molar-refractivity contribution is 0.0751. The Morgan fingerprint density at radius 3 is 2.51 bits per heavy atom. The number of aromatic nitrogens is 1. The number of carbonyl (C=O) groups is 2. The van der Waals surface area contributed by atoms with Gasteiger partial charge in [0, 0.05) is 35.8 Å². The lowest BCUT2D eigenvalue weighted by Crippen LogP contribution is -2.32. The van der Waals surface area contributed by atoms with Crippen molar-refractivity contribution in [3.8, 4) is 11.5 Å². The van der Waals surface area contributed by atoms with Crippen molar-refractivity contribution in [1.29, 1.82) is 0 Å². The van der Waals surface area contributed by atoms with E-state index in [0.29, 0.717) is 29.1 Å². The number of pyridine rings is 1. The molecule has 0 saturated heterocycles. The number of rotatable bonds is 7. The van der Waals surface area contributed by atoms with E-state index < -0.39 is 0 Å². The van der Waals surface area contributed by atoms with Crippen LogP contribution in [0, 0.1) is 0 Å². The standard InChI is InChI=1S/C29H30N4O4/c1-36-26-15-12-21(18-27(26)37-24-7-2-3-8-24)25-9-5-17-33(32-25)29(35)20-10-13-23(14-11-20)31-28(34)22-6-4-16-30-19-22/h4,6,10-16,18-19,24H,2-3,5,7-9,17H2,1H3,(H,31,34). The van der Waals surface area contributed by atoms with E-state index in [-0.39, 0.29) is 17.9 Å². The van der Waals surface area contributed by atoms with Gasteiger partial charge in [0.15, 0.2) is 11.5 Å². The first-order valence-electron chi connectivity index (χ1n) is 12.7. The second-order valence-corrected chi connectivity index (χ2v) is 9.24. The SMILES string of the molecule is COc1ccc(C2=NN(C(=O)c3ccc(NC(=O)c4cccnc4)cc3)CCC2)cc1OC1CCCC1. The number of amides is 2. The summed E-state index contributed by atoms with van der Waals surface area (Å²) in [4.78, 5) is 29.5. The molecule has 0 atom stereocenters. The molecule has 1 aliphatic heterocycles. The van der Waals surface area contributed by atoms with Gasteiger partial charge < -0.3 is 14.8 Å². The quantitative estimate of drug-likeness (QED) is 0.477. The molecule has 0 spiro atoms. The van der Waals surface area contributed by atoms with Crippen LogP contribution in [0.4, 0.5) is 5.69 Å². The van der Waals surface area contributed by atoms with Gasteiger partial charge in [0.25, 0.3) is 11.8 Å². The summed E-state index contributed by atoms with van der Waals surface area (Å²) in [6.45, 7) is 0.545. The molecule has 2 aromatic carbocycles. The lowest BCUT2D eigenvalue weighted by Gasteiger charge is -2.24. The molecule has 0 radical (unpaired) electrons. The summed E-state index contributed by atoms with van der Waals surface area (Å²) in [6, 6.07) is 16.1. The monoisotopic (exact) mass is 498 g/mol. The van der Waals surface area contributed by atoms with Gasteiger partial charge in [-0.25, -0.2) is 5.01 Å². The van der Waals surface area contributed by atoms with Crippen molar-refractivity contribution in [3.63, 3.8) is 0 Å². The Morgan fingerprint density at radius 1 is 0.973 bits per heavy atom. The fourth-order valence-corrected chi connectivity index (χ4v) is 4.67. The number of nitrogens with one attached hydrogen (secondary N) is 1.